The molecule has 0 radical (unpaired) electrons. The average Bonchev–Trinajstić information content (AvgIpc) is 2.17. The van der Waals surface area contributed by atoms with Gasteiger partial charge < -0.3 is 10.3 Å². The third kappa shape index (κ3) is 6.76. The number of carboxylic acid groups (broad SMARTS) is 1. The van der Waals surface area contributed by atoms with E-state index in [0.717, 1.165) is 6.92 Å². The van der Waals surface area contributed by atoms with E-state index < -0.39 is 5.97 Å². The topological polar surface area (TPSA) is 69.9 Å². The number of halogens is 2. The van der Waals surface area contributed by atoms with Gasteiger partial charge >= 0.3 is 0 Å². The fourth-order valence-electron chi connectivity index (χ4n) is 0.645. The first-order valence-corrected chi connectivity index (χ1v) is 4.56. The summed E-state index contributed by atoms with van der Waals surface area (Å²) in [6.07, 6.45) is 0. The maximum Gasteiger partial charge on any atom is 0.300 e. The molecule has 15 heavy (non-hydrogen) atoms. The quantitative estimate of drug-likeness (QED) is 0.457. The smallest absolute Gasteiger partial charge is 0.300 e. The molecule has 0 aliphatic carbocycles. The zero-order valence-corrected chi connectivity index (χ0v) is 9.33. The van der Waals surface area contributed by atoms with Crippen molar-refractivity contribution in [3.8, 4) is 0 Å². The molecule has 0 unspecified atom stereocenters. The summed E-state index contributed by atoms with van der Waals surface area (Å²) in [6.45, 7) is 1.08. The Balaban J connectivity index is 0.000000423. The number of aliphatic carboxylic acids is 1. The number of hydrogen-bond acceptors (Lipinski definition) is 3. The van der Waals surface area contributed by atoms with Crippen molar-refractivity contribution in [1.29, 1.82) is 0 Å². The first kappa shape index (κ1) is 13.7. The van der Waals surface area contributed by atoms with Gasteiger partial charge in [0, 0.05) is 17.5 Å². The van der Waals surface area contributed by atoms with Crippen molar-refractivity contribution in [2.24, 2.45) is 5.16 Å². The third-order valence-corrected chi connectivity index (χ3v) is 1.72. The van der Waals surface area contributed by atoms with E-state index in [4.69, 9.17) is 38.3 Å². The van der Waals surface area contributed by atoms with Crippen LogP contribution in [0, 0.1) is 0 Å². The van der Waals surface area contributed by atoms with Crippen LogP contribution in [-0.4, -0.2) is 21.5 Å². The summed E-state index contributed by atoms with van der Waals surface area (Å²) >= 11 is 11.1. The molecular formula is C9H9Cl2NO3. The maximum absolute atomic E-state index is 9.00. The molecule has 1 aromatic carbocycles. The second kappa shape index (κ2) is 7.09. The van der Waals surface area contributed by atoms with Gasteiger partial charge in [0.05, 0.1) is 0 Å². The lowest BCUT2D eigenvalue weighted by Gasteiger charge is -1.94. The predicted octanol–water partition coefficient (Wildman–Crippen LogP) is 2.81. The van der Waals surface area contributed by atoms with Gasteiger partial charge in [0.15, 0.2) is 5.17 Å². The SMILES string of the molecule is CC(=O)O.ON=C(Cl)c1ccc(Cl)cc1. The number of oxime groups is 1. The molecule has 1 rings (SSSR count). The number of nitrogens with zero attached hydrogens (tertiary/aromatic N) is 1. The van der Waals surface area contributed by atoms with Crippen molar-refractivity contribution in [3.05, 3.63) is 34.9 Å². The number of carboxylic acids is 1. The lowest BCUT2D eigenvalue weighted by Crippen LogP contribution is -1.88. The first-order valence-electron chi connectivity index (χ1n) is 3.80. The van der Waals surface area contributed by atoms with Crippen LogP contribution in [0.5, 0.6) is 0 Å². The molecular weight excluding hydrogens is 241 g/mol. The Morgan fingerprint density at radius 3 is 2.07 bits per heavy atom. The number of rotatable bonds is 1. The van der Waals surface area contributed by atoms with Crippen molar-refractivity contribution in [2.75, 3.05) is 0 Å². The highest BCUT2D eigenvalue weighted by molar-refractivity contribution is 6.69. The summed E-state index contributed by atoms with van der Waals surface area (Å²) in [6, 6.07) is 6.68. The van der Waals surface area contributed by atoms with E-state index >= 15 is 0 Å². The van der Waals surface area contributed by atoms with Gasteiger partial charge in [-0.15, -0.1) is 0 Å². The normalized spacial score (nSPS) is 10.2. The van der Waals surface area contributed by atoms with E-state index in [9.17, 15) is 0 Å². The van der Waals surface area contributed by atoms with Crippen LogP contribution in [0.4, 0.5) is 0 Å². The molecule has 0 aromatic heterocycles. The lowest BCUT2D eigenvalue weighted by atomic mass is 10.2. The summed E-state index contributed by atoms with van der Waals surface area (Å²) < 4.78 is 0. The van der Waals surface area contributed by atoms with Crippen LogP contribution in [0.15, 0.2) is 29.4 Å². The molecule has 0 aliphatic heterocycles. The van der Waals surface area contributed by atoms with Crippen LogP contribution >= 0.6 is 23.2 Å². The Morgan fingerprint density at radius 2 is 1.73 bits per heavy atom. The summed E-state index contributed by atoms with van der Waals surface area (Å²) in [5.74, 6) is -0.833. The van der Waals surface area contributed by atoms with Gasteiger partial charge in [0.2, 0.25) is 0 Å². The van der Waals surface area contributed by atoms with E-state index in [1.54, 1.807) is 24.3 Å². The van der Waals surface area contributed by atoms with Gasteiger partial charge in [-0.1, -0.05) is 40.5 Å². The van der Waals surface area contributed by atoms with E-state index in [2.05, 4.69) is 5.16 Å². The summed E-state index contributed by atoms with van der Waals surface area (Å²) in [5.41, 5.74) is 0.638. The van der Waals surface area contributed by atoms with Gasteiger partial charge in [-0.25, -0.2) is 0 Å². The van der Waals surface area contributed by atoms with E-state index in [1.165, 1.54) is 0 Å². The van der Waals surface area contributed by atoms with Gasteiger partial charge in [-0.3, -0.25) is 4.79 Å². The molecule has 0 saturated heterocycles. The number of hydrogen-bond donors (Lipinski definition) is 2. The van der Waals surface area contributed by atoms with Crippen molar-refractivity contribution in [2.45, 2.75) is 6.92 Å². The molecule has 82 valence electrons. The zero-order valence-electron chi connectivity index (χ0n) is 7.82. The molecule has 0 aliphatic rings. The minimum atomic E-state index is -0.833. The molecule has 1 aromatic rings. The van der Waals surface area contributed by atoms with Gasteiger partial charge in [-0.2, -0.15) is 0 Å². The second-order valence-electron chi connectivity index (χ2n) is 2.42. The number of benzene rings is 1. The summed E-state index contributed by atoms with van der Waals surface area (Å²) in [5, 5.41) is 19.2. The largest absolute Gasteiger partial charge is 0.481 e. The van der Waals surface area contributed by atoms with Crippen LogP contribution < -0.4 is 0 Å². The van der Waals surface area contributed by atoms with Crippen LogP contribution in [0.2, 0.25) is 5.02 Å². The van der Waals surface area contributed by atoms with E-state index in [0.29, 0.717) is 10.6 Å². The fourth-order valence-corrected chi connectivity index (χ4v) is 0.897. The minimum Gasteiger partial charge on any atom is -0.481 e. The highest BCUT2D eigenvalue weighted by atomic mass is 35.5. The Kier molecular flexibility index (Phi) is 6.49. The molecule has 6 heteroatoms. The fraction of sp³-hybridized carbons (Fsp3) is 0.111. The van der Waals surface area contributed by atoms with Gasteiger partial charge in [-0.05, 0) is 12.1 Å². The van der Waals surface area contributed by atoms with Crippen LogP contribution in [-0.2, 0) is 4.79 Å². The molecule has 0 atom stereocenters. The second-order valence-corrected chi connectivity index (χ2v) is 3.21. The highest BCUT2D eigenvalue weighted by Gasteiger charge is 1.98. The summed E-state index contributed by atoms with van der Waals surface area (Å²) in [7, 11) is 0. The average molecular weight is 250 g/mol. The van der Waals surface area contributed by atoms with Crippen LogP contribution in [0.25, 0.3) is 0 Å². The molecule has 0 bridgehead atoms. The molecule has 0 spiro atoms. The Morgan fingerprint density at radius 1 is 1.33 bits per heavy atom. The Hall–Kier alpha value is -1.26. The van der Waals surface area contributed by atoms with Crippen molar-refractivity contribution >= 4 is 34.3 Å². The van der Waals surface area contributed by atoms with Crippen LogP contribution in [0.3, 0.4) is 0 Å². The maximum atomic E-state index is 9.00. The lowest BCUT2D eigenvalue weighted by molar-refractivity contribution is -0.134. The summed E-state index contributed by atoms with van der Waals surface area (Å²) in [4.78, 5) is 9.00. The molecule has 0 saturated carbocycles. The van der Waals surface area contributed by atoms with E-state index in [-0.39, 0.29) is 5.17 Å². The van der Waals surface area contributed by atoms with Crippen molar-refractivity contribution in [3.63, 3.8) is 0 Å². The number of carbonyl (C=O) groups is 1. The van der Waals surface area contributed by atoms with Crippen molar-refractivity contribution < 1.29 is 15.1 Å². The Labute approximate surface area is 96.7 Å². The zero-order chi connectivity index (χ0) is 11.8. The monoisotopic (exact) mass is 249 g/mol. The standard InChI is InChI=1S/C7H5Cl2NO.C2H4O2/c8-6-3-1-5(2-4-6)7(9)10-11;1-2(3)4/h1-4,11H;1H3,(H,3,4). The molecule has 2 N–H and O–H groups in total. The predicted molar refractivity (Wildman–Crippen MR) is 58.9 cm³/mol. The van der Waals surface area contributed by atoms with Gasteiger partial charge in [0.1, 0.15) is 0 Å². The third-order valence-electron chi connectivity index (χ3n) is 1.17. The molecule has 0 heterocycles. The molecule has 0 fully saturated rings. The Bertz CT molecular complexity index is 345. The van der Waals surface area contributed by atoms with Gasteiger partial charge in [0.25, 0.3) is 5.97 Å². The first-order chi connectivity index (χ1) is 6.97. The van der Waals surface area contributed by atoms with Crippen LogP contribution in [0.1, 0.15) is 12.5 Å². The minimum absolute atomic E-state index is 0.0571. The highest BCUT2D eigenvalue weighted by Crippen LogP contribution is 2.11. The molecule has 0 amide bonds. The van der Waals surface area contributed by atoms with Crippen molar-refractivity contribution in [1.82, 2.24) is 0 Å². The molecule has 4 nitrogen and oxygen atoms in total. The van der Waals surface area contributed by atoms with E-state index in [1.807, 2.05) is 0 Å².